The van der Waals surface area contributed by atoms with Crippen LogP contribution in [0.1, 0.15) is 31.4 Å². The predicted octanol–water partition coefficient (Wildman–Crippen LogP) is 3.29. The summed E-state index contributed by atoms with van der Waals surface area (Å²) >= 11 is 0. The van der Waals surface area contributed by atoms with Crippen molar-refractivity contribution in [2.45, 2.75) is 43.7 Å². The van der Waals surface area contributed by atoms with E-state index in [9.17, 15) is 8.42 Å². The molecule has 0 fully saturated rings. The molecule has 2 aromatic rings. The second-order valence-electron chi connectivity index (χ2n) is 7.13. The van der Waals surface area contributed by atoms with Gasteiger partial charge in [-0.25, -0.2) is 13.1 Å². The van der Waals surface area contributed by atoms with Crippen molar-refractivity contribution in [2.24, 2.45) is 0 Å². The van der Waals surface area contributed by atoms with E-state index < -0.39 is 10.0 Å². The lowest BCUT2D eigenvalue weighted by Gasteiger charge is -2.32. The lowest BCUT2D eigenvalue weighted by molar-refractivity contribution is 0.0845. The highest BCUT2D eigenvalue weighted by atomic mass is 32.2. The summed E-state index contributed by atoms with van der Waals surface area (Å²) in [4.78, 5) is 0.233. The van der Waals surface area contributed by atoms with E-state index in [1.54, 1.807) is 43.5 Å². The Morgan fingerprint density at radius 1 is 1.11 bits per heavy atom. The fourth-order valence-corrected chi connectivity index (χ4v) is 4.11. The summed E-state index contributed by atoms with van der Waals surface area (Å²) in [6, 6.07) is 10.3. The molecular weight excluding hydrogens is 366 g/mol. The zero-order chi connectivity index (χ0) is 19.7. The minimum absolute atomic E-state index is 0.121. The molecule has 1 aliphatic heterocycles. The van der Waals surface area contributed by atoms with Crippen LogP contribution >= 0.6 is 0 Å². The van der Waals surface area contributed by atoms with Gasteiger partial charge in [0.2, 0.25) is 10.0 Å². The van der Waals surface area contributed by atoms with Crippen LogP contribution in [0, 0.1) is 0 Å². The normalized spacial score (nSPS) is 15.6. The van der Waals surface area contributed by atoms with Crippen LogP contribution in [-0.2, 0) is 23.0 Å². The Morgan fingerprint density at radius 2 is 1.89 bits per heavy atom. The van der Waals surface area contributed by atoms with Crippen LogP contribution in [-0.4, -0.2) is 28.2 Å². The van der Waals surface area contributed by atoms with Gasteiger partial charge in [-0.05, 0) is 56.5 Å². The molecule has 1 aliphatic rings. The first-order valence-corrected chi connectivity index (χ1v) is 10.2. The third-order valence-electron chi connectivity index (χ3n) is 4.67. The summed E-state index contributed by atoms with van der Waals surface area (Å²) in [5.74, 6) is 1.97. The molecule has 6 nitrogen and oxygen atoms in total. The third kappa shape index (κ3) is 4.36. The van der Waals surface area contributed by atoms with E-state index in [4.69, 9.17) is 14.2 Å². The van der Waals surface area contributed by atoms with E-state index in [2.05, 4.69) is 4.72 Å². The molecule has 0 aromatic heterocycles. The average Bonchev–Trinajstić information content (AvgIpc) is 2.65. The van der Waals surface area contributed by atoms with Crippen LogP contribution in [0.4, 0.5) is 0 Å². The van der Waals surface area contributed by atoms with Gasteiger partial charge in [0, 0.05) is 18.2 Å². The average molecular weight is 391 g/mol. The molecule has 146 valence electrons. The number of sulfonamides is 1. The zero-order valence-corrected chi connectivity index (χ0v) is 16.9. The highest BCUT2D eigenvalue weighted by Crippen LogP contribution is 2.34. The molecular formula is C20H25NO5S. The monoisotopic (exact) mass is 391 g/mol. The molecule has 0 atom stereocenters. The molecule has 0 bridgehead atoms. The number of nitrogens with one attached hydrogen (secondary N) is 1. The Morgan fingerprint density at radius 3 is 2.59 bits per heavy atom. The van der Waals surface area contributed by atoms with Crippen molar-refractivity contribution < 1.29 is 22.6 Å². The summed E-state index contributed by atoms with van der Waals surface area (Å²) in [5.41, 5.74) is 1.42. The van der Waals surface area contributed by atoms with E-state index in [-0.39, 0.29) is 17.0 Å². The number of hydrogen-bond acceptors (Lipinski definition) is 5. The van der Waals surface area contributed by atoms with Crippen molar-refractivity contribution in [1.82, 2.24) is 4.72 Å². The maximum Gasteiger partial charge on any atom is 0.240 e. The van der Waals surface area contributed by atoms with Crippen molar-refractivity contribution in [1.29, 1.82) is 0 Å². The van der Waals surface area contributed by atoms with Crippen LogP contribution in [0.3, 0.4) is 0 Å². The summed E-state index contributed by atoms with van der Waals surface area (Å²) < 4.78 is 44.5. The summed E-state index contributed by atoms with van der Waals surface area (Å²) in [5, 5.41) is 0. The van der Waals surface area contributed by atoms with Crippen LogP contribution in [0.15, 0.2) is 41.3 Å². The van der Waals surface area contributed by atoms with Gasteiger partial charge in [-0.1, -0.05) is 6.07 Å². The summed E-state index contributed by atoms with van der Waals surface area (Å²) in [7, 11) is -0.547. The minimum Gasteiger partial charge on any atom is -0.497 e. The first kappa shape index (κ1) is 19.5. The van der Waals surface area contributed by atoms with Gasteiger partial charge in [-0.15, -0.1) is 0 Å². The number of methoxy groups -OCH3 is 2. The van der Waals surface area contributed by atoms with Crippen molar-refractivity contribution in [2.75, 3.05) is 14.2 Å². The van der Waals surface area contributed by atoms with Gasteiger partial charge in [-0.2, -0.15) is 0 Å². The number of aryl methyl sites for hydroxylation is 1. The van der Waals surface area contributed by atoms with Crippen LogP contribution in [0.2, 0.25) is 0 Å². The Bertz CT molecular complexity index is 937. The standard InChI is InChI=1S/C20H25NO5S/c1-20(2)10-9-14-11-17(7-8-18(14)26-20)27(22,23)21-13-15-5-6-16(24-3)12-19(15)25-4/h5-8,11-12,21H,9-10,13H2,1-4H3. The van der Waals surface area contributed by atoms with Gasteiger partial charge in [0.1, 0.15) is 22.8 Å². The summed E-state index contributed by atoms with van der Waals surface area (Å²) in [6.07, 6.45) is 1.64. The number of rotatable bonds is 6. The van der Waals surface area contributed by atoms with Gasteiger partial charge < -0.3 is 14.2 Å². The molecule has 0 unspecified atom stereocenters. The third-order valence-corrected chi connectivity index (χ3v) is 6.07. The number of ether oxygens (including phenoxy) is 3. The maximum atomic E-state index is 12.7. The Kier molecular flexibility index (Phi) is 5.35. The van der Waals surface area contributed by atoms with Crippen molar-refractivity contribution in [3.05, 3.63) is 47.5 Å². The van der Waals surface area contributed by atoms with Gasteiger partial charge in [0.05, 0.1) is 19.1 Å². The molecule has 3 rings (SSSR count). The highest BCUT2D eigenvalue weighted by molar-refractivity contribution is 7.89. The minimum atomic E-state index is -3.65. The first-order valence-electron chi connectivity index (χ1n) is 8.76. The van der Waals surface area contributed by atoms with E-state index in [0.717, 1.165) is 29.7 Å². The number of fused-ring (bicyclic) bond motifs is 1. The molecule has 0 saturated carbocycles. The lowest BCUT2D eigenvalue weighted by Crippen LogP contribution is -2.32. The molecule has 1 heterocycles. The van der Waals surface area contributed by atoms with E-state index in [1.807, 2.05) is 13.8 Å². The smallest absolute Gasteiger partial charge is 0.240 e. The van der Waals surface area contributed by atoms with E-state index in [0.29, 0.717) is 11.5 Å². The van der Waals surface area contributed by atoms with Crippen molar-refractivity contribution in [3.63, 3.8) is 0 Å². The molecule has 0 aliphatic carbocycles. The lowest BCUT2D eigenvalue weighted by atomic mass is 9.94. The largest absolute Gasteiger partial charge is 0.497 e. The van der Waals surface area contributed by atoms with Crippen LogP contribution in [0.5, 0.6) is 17.2 Å². The highest BCUT2D eigenvalue weighted by Gasteiger charge is 2.27. The molecule has 1 N–H and O–H groups in total. The Labute approximate surface area is 160 Å². The fourth-order valence-electron chi connectivity index (χ4n) is 3.06. The topological polar surface area (TPSA) is 73.9 Å². The Hall–Kier alpha value is -2.25. The second kappa shape index (κ2) is 7.40. The van der Waals surface area contributed by atoms with Crippen molar-refractivity contribution >= 4 is 10.0 Å². The fraction of sp³-hybridized carbons (Fsp3) is 0.400. The van der Waals surface area contributed by atoms with Crippen LogP contribution in [0.25, 0.3) is 0 Å². The SMILES string of the molecule is COc1ccc(CNS(=O)(=O)c2ccc3c(c2)CCC(C)(C)O3)c(OC)c1. The zero-order valence-electron chi connectivity index (χ0n) is 16.0. The van der Waals surface area contributed by atoms with E-state index >= 15 is 0 Å². The summed E-state index contributed by atoms with van der Waals surface area (Å²) in [6.45, 7) is 4.19. The number of hydrogen-bond donors (Lipinski definition) is 1. The molecule has 0 amide bonds. The van der Waals surface area contributed by atoms with Gasteiger partial charge >= 0.3 is 0 Å². The quantitative estimate of drug-likeness (QED) is 0.818. The predicted molar refractivity (Wildman–Crippen MR) is 103 cm³/mol. The second-order valence-corrected chi connectivity index (χ2v) is 8.90. The van der Waals surface area contributed by atoms with Crippen LogP contribution < -0.4 is 18.9 Å². The van der Waals surface area contributed by atoms with Gasteiger partial charge in [0.25, 0.3) is 0 Å². The first-order chi connectivity index (χ1) is 12.7. The maximum absolute atomic E-state index is 12.7. The molecule has 7 heteroatoms. The molecule has 0 saturated heterocycles. The van der Waals surface area contributed by atoms with Gasteiger partial charge in [0.15, 0.2) is 0 Å². The van der Waals surface area contributed by atoms with E-state index in [1.165, 1.54) is 7.11 Å². The molecule has 2 aromatic carbocycles. The van der Waals surface area contributed by atoms with Crippen molar-refractivity contribution in [3.8, 4) is 17.2 Å². The van der Waals surface area contributed by atoms with Gasteiger partial charge in [-0.3, -0.25) is 0 Å². The Balaban J connectivity index is 1.78. The molecule has 0 spiro atoms. The molecule has 27 heavy (non-hydrogen) atoms. The number of benzene rings is 2. The molecule has 0 radical (unpaired) electrons.